The van der Waals surface area contributed by atoms with Gasteiger partial charge in [-0.1, -0.05) is 6.07 Å². The first-order valence-electron chi connectivity index (χ1n) is 11.5. The van der Waals surface area contributed by atoms with E-state index in [1.807, 2.05) is 12.1 Å². The van der Waals surface area contributed by atoms with Gasteiger partial charge in [-0.3, -0.25) is 24.6 Å². The number of aromatic nitrogens is 3. The number of fused-ring (bicyclic) bond motifs is 1. The highest BCUT2D eigenvalue weighted by atomic mass is 19.1. The molecule has 1 fully saturated rings. The predicted molar refractivity (Wildman–Crippen MR) is 128 cm³/mol. The van der Waals surface area contributed by atoms with Gasteiger partial charge in [0.1, 0.15) is 23.4 Å². The summed E-state index contributed by atoms with van der Waals surface area (Å²) in [6.45, 7) is 0.486. The van der Waals surface area contributed by atoms with Gasteiger partial charge < -0.3 is 10.4 Å². The number of piperidine rings is 1. The van der Waals surface area contributed by atoms with Gasteiger partial charge in [0.2, 0.25) is 0 Å². The normalized spacial score (nSPS) is 17.1. The maximum absolute atomic E-state index is 14.4. The third-order valence-corrected chi connectivity index (χ3v) is 6.44. The summed E-state index contributed by atoms with van der Waals surface area (Å²) in [5.74, 6) is -3.49. The highest BCUT2D eigenvalue weighted by Gasteiger charge is 2.35. The number of carboxylic acids is 1. The molecule has 1 aliphatic heterocycles. The number of rotatable bonds is 6. The Morgan fingerprint density at radius 1 is 1.11 bits per heavy atom. The average molecular weight is 491 g/mol. The lowest BCUT2D eigenvalue weighted by Gasteiger charge is -2.37. The Kier molecular flexibility index (Phi) is 6.43. The first-order chi connectivity index (χ1) is 17.4. The number of carbonyl (C=O) groups is 2. The Bertz CT molecular complexity index is 1410. The Morgan fingerprint density at radius 2 is 1.86 bits per heavy atom. The number of nitrogens with zero attached hydrogens (tertiary/aromatic N) is 3. The van der Waals surface area contributed by atoms with Gasteiger partial charge >= 0.3 is 5.97 Å². The first kappa shape index (κ1) is 23.6. The first-order valence-corrected chi connectivity index (χ1v) is 11.5. The van der Waals surface area contributed by atoms with Gasteiger partial charge in [-0.15, -0.1) is 0 Å². The number of likely N-dealkylation sites (tertiary alicyclic amines) is 1. The van der Waals surface area contributed by atoms with Gasteiger partial charge in [0, 0.05) is 41.5 Å². The maximum atomic E-state index is 14.4. The van der Waals surface area contributed by atoms with Crippen LogP contribution in [0.25, 0.3) is 22.2 Å². The minimum atomic E-state index is -1.49. The molecule has 3 heterocycles. The molecule has 36 heavy (non-hydrogen) atoms. The molecule has 1 saturated heterocycles. The predicted octanol–water partition coefficient (Wildman–Crippen LogP) is 3.92. The standard InChI is InChI=1S/C26H23F2N5O3/c27-19-4-1-5-20(28)22(19)24(26(35)36)33-12-2-3-17(14-33)30-25(34)16-6-7-21-18(13-16)23(32-31-21)15-8-10-29-11-9-15/h1,4-11,13,17,24H,2-3,12,14H2,(H,30,34)(H,31,32)(H,35,36). The largest absolute Gasteiger partial charge is 0.480 e. The minimum Gasteiger partial charge on any atom is -0.480 e. The summed E-state index contributed by atoms with van der Waals surface area (Å²) >= 11 is 0. The fourth-order valence-corrected chi connectivity index (χ4v) is 4.75. The van der Waals surface area contributed by atoms with Gasteiger partial charge in [0.15, 0.2) is 0 Å². The van der Waals surface area contributed by atoms with Crippen molar-refractivity contribution < 1.29 is 23.5 Å². The molecule has 3 N–H and O–H groups in total. The Morgan fingerprint density at radius 3 is 2.58 bits per heavy atom. The van der Waals surface area contributed by atoms with E-state index in [4.69, 9.17) is 0 Å². The number of H-pyrrole nitrogens is 1. The van der Waals surface area contributed by atoms with Crippen LogP contribution in [0.2, 0.25) is 0 Å². The van der Waals surface area contributed by atoms with Crippen LogP contribution >= 0.6 is 0 Å². The molecule has 4 aromatic rings. The van der Waals surface area contributed by atoms with E-state index in [0.717, 1.165) is 28.6 Å². The second-order valence-electron chi connectivity index (χ2n) is 8.75. The fraction of sp³-hybridized carbons (Fsp3) is 0.231. The molecule has 1 amide bonds. The smallest absolute Gasteiger partial charge is 0.325 e. The van der Waals surface area contributed by atoms with Crippen LogP contribution in [0.3, 0.4) is 0 Å². The van der Waals surface area contributed by atoms with Crippen molar-refractivity contribution in [1.29, 1.82) is 0 Å². The molecule has 184 valence electrons. The number of amides is 1. The van der Waals surface area contributed by atoms with Crippen molar-refractivity contribution in [3.8, 4) is 11.3 Å². The van der Waals surface area contributed by atoms with Crippen LogP contribution in [0, 0.1) is 11.6 Å². The van der Waals surface area contributed by atoms with Gasteiger partial charge in [0.25, 0.3) is 5.91 Å². The second-order valence-corrected chi connectivity index (χ2v) is 8.75. The topological polar surface area (TPSA) is 111 Å². The molecule has 0 aliphatic carbocycles. The van der Waals surface area contributed by atoms with E-state index >= 15 is 0 Å². The number of carbonyl (C=O) groups excluding carboxylic acids is 1. The summed E-state index contributed by atoms with van der Waals surface area (Å²) in [7, 11) is 0. The third kappa shape index (κ3) is 4.55. The molecule has 10 heteroatoms. The van der Waals surface area contributed by atoms with Crippen molar-refractivity contribution in [2.24, 2.45) is 0 Å². The van der Waals surface area contributed by atoms with Crippen molar-refractivity contribution in [2.75, 3.05) is 13.1 Å². The lowest BCUT2D eigenvalue weighted by atomic mass is 9.98. The molecule has 0 saturated carbocycles. The van der Waals surface area contributed by atoms with Gasteiger partial charge in [-0.05, 0) is 61.9 Å². The zero-order valence-corrected chi connectivity index (χ0v) is 19.1. The zero-order chi connectivity index (χ0) is 25.2. The molecule has 2 atom stereocenters. The summed E-state index contributed by atoms with van der Waals surface area (Å²) in [5.41, 5.74) is 2.26. The number of nitrogens with one attached hydrogen (secondary N) is 2. The summed E-state index contributed by atoms with van der Waals surface area (Å²) in [6, 6.07) is 10.3. The number of benzene rings is 2. The van der Waals surface area contributed by atoms with E-state index in [2.05, 4.69) is 20.5 Å². The molecule has 2 aromatic carbocycles. The van der Waals surface area contributed by atoms with Crippen LogP contribution in [-0.4, -0.2) is 56.2 Å². The SMILES string of the molecule is O=C(NC1CCCN(C(C(=O)O)c2c(F)cccc2F)C1)c1ccc2[nH]nc(-c3ccncc3)c2c1. The molecule has 2 unspecified atom stereocenters. The van der Waals surface area contributed by atoms with Crippen molar-refractivity contribution in [3.05, 3.63) is 83.7 Å². The monoisotopic (exact) mass is 491 g/mol. The van der Waals surface area contributed by atoms with E-state index in [1.54, 1.807) is 30.6 Å². The Hall–Kier alpha value is -4.18. The van der Waals surface area contributed by atoms with Crippen LogP contribution in [0.5, 0.6) is 0 Å². The van der Waals surface area contributed by atoms with E-state index in [9.17, 15) is 23.5 Å². The fourth-order valence-electron chi connectivity index (χ4n) is 4.75. The highest BCUT2D eigenvalue weighted by Crippen LogP contribution is 2.30. The lowest BCUT2D eigenvalue weighted by molar-refractivity contribution is -0.144. The van der Waals surface area contributed by atoms with Gasteiger partial charge in [-0.2, -0.15) is 5.10 Å². The summed E-state index contributed by atoms with van der Waals surface area (Å²) < 4.78 is 28.8. The molecule has 0 spiro atoms. The van der Waals surface area contributed by atoms with Crippen LogP contribution in [-0.2, 0) is 4.79 Å². The zero-order valence-electron chi connectivity index (χ0n) is 19.1. The molecule has 2 aromatic heterocycles. The molecule has 5 rings (SSSR count). The van der Waals surface area contributed by atoms with Crippen LogP contribution < -0.4 is 5.32 Å². The molecule has 1 aliphatic rings. The number of carboxylic acid groups (broad SMARTS) is 1. The summed E-state index contributed by atoms with van der Waals surface area (Å²) in [6.07, 6.45) is 4.51. The van der Waals surface area contributed by atoms with E-state index in [0.29, 0.717) is 30.6 Å². The average Bonchev–Trinajstić information content (AvgIpc) is 3.30. The quantitative estimate of drug-likeness (QED) is 0.377. The Labute approximate surface area is 205 Å². The minimum absolute atomic E-state index is 0.146. The van der Waals surface area contributed by atoms with E-state index in [-0.39, 0.29) is 18.5 Å². The van der Waals surface area contributed by atoms with Crippen LogP contribution in [0.15, 0.2) is 60.9 Å². The molecular weight excluding hydrogens is 468 g/mol. The molecule has 0 bridgehead atoms. The lowest BCUT2D eigenvalue weighted by Crippen LogP contribution is -2.50. The van der Waals surface area contributed by atoms with E-state index in [1.165, 1.54) is 11.0 Å². The van der Waals surface area contributed by atoms with Crippen LogP contribution in [0.1, 0.15) is 34.8 Å². The third-order valence-electron chi connectivity index (χ3n) is 6.44. The number of aliphatic carboxylic acids is 1. The number of hydrogen-bond acceptors (Lipinski definition) is 5. The maximum Gasteiger partial charge on any atom is 0.325 e. The van der Waals surface area contributed by atoms with Gasteiger partial charge in [-0.25, -0.2) is 8.78 Å². The van der Waals surface area contributed by atoms with Crippen molar-refractivity contribution in [1.82, 2.24) is 25.4 Å². The number of aromatic amines is 1. The van der Waals surface area contributed by atoms with Crippen molar-refractivity contribution >= 4 is 22.8 Å². The molecule has 8 nitrogen and oxygen atoms in total. The van der Waals surface area contributed by atoms with Crippen LogP contribution in [0.4, 0.5) is 8.78 Å². The van der Waals surface area contributed by atoms with Crippen molar-refractivity contribution in [2.45, 2.75) is 24.9 Å². The second kappa shape index (κ2) is 9.82. The number of pyridine rings is 1. The number of halogens is 2. The van der Waals surface area contributed by atoms with Crippen molar-refractivity contribution in [3.63, 3.8) is 0 Å². The van der Waals surface area contributed by atoms with Gasteiger partial charge in [0.05, 0.1) is 11.1 Å². The Balaban J connectivity index is 1.35. The van der Waals surface area contributed by atoms with E-state index < -0.39 is 29.2 Å². The molecule has 0 radical (unpaired) electrons. The molecular formula is C26H23F2N5O3. The summed E-state index contributed by atoms with van der Waals surface area (Å²) in [5, 5.41) is 20.9. The highest BCUT2D eigenvalue weighted by molar-refractivity contribution is 6.01. The summed E-state index contributed by atoms with van der Waals surface area (Å²) in [4.78, 5) is 30.7. The number of hydrogen-bond donors (Lipinski definition) is 3.